The molecule has 4 nitrogen and oxygen atoms in total. The topological polar surface area (TPSA) is 42.7 Å². The molecule has 5 heteroatoms. The highest BCUT2D eigenvalue weighted by Crippen LogP contribution is 2.20. The highest BCUT2D eigenvalue weighted by molar-refractivity contribution is 7.09. The number of nitrogens with one attached hydrogen (secondary N) is 1. The Bertz CT molecular complexity index is 534. The quantitative estimate of drug-likeness (QED) is 0.933. The predicted molar refractivity (Wildman–Crippen MR) is 77.3 cm³/mol. The fourth-order valence-electron chi connectivity index (χ4n) is 2.50. The lowest BCUT2D eigenvalue weighted by atomic mass is 10.1. The van der Waals surface area contributed by atoms with Crippen molar-refractivity contribution in [1.29, 1.82) is 0 Å². The first-order chi connectivity index (χ1) is 9.24. The summed E-state index contributed by atoms with van der Waals surface area (Å²) in [6, 6.07) is 2.55. The first-order valence-electron chi connectivity index (χ1n) is 6.93. The standard InChI is InChI=1S/C14H20N4S/c1-10(15-8-14-11(2)16-9-19-14)13-7-12-5-3-4-6-18(12)17-13/h7,9-10,15H,3-6,8H2,1-2H3. The van der Waals surface area contributed by atoms with Crippen molar-refractivity contribution >= 4 is 11.3 Å². The van der Waals surface area contributed by atoms with Crippen LogP contribution in [0.15, 0.2) is 11.6 Å². The molecular weight excluding hydrogens is 256 g/mol. The molecule has 1 atom stereocenters. The SMILES string of the molecule is Cc1ncsc1CNC(C)c1cc2n(n1)CCCC2. The van der Waals surface area contributed by atoms with Crippen molar-refractivity contribution in [2.75, 3.05) is 0 Å². The molecule has 1 aliphatic rings. The van der Waals surface area contributed by atoms with Gasteiger partial charge in [-0.25, -0.2) is 4.98 Å². The summed E-state index contributed by atoms with van der Waals surface area (Å²) >= 11 is 1.71. The van der Waals surface area contributed by atoms with Crippen LogP contribution in [0.4, 0.5) is 0 Å². The maximum atomic E-state index is 4.72. The first-order valence-corrected chi connectivity index (χ1v) is 7.81. The lowest BCUT2D eigenvalue weighted by molar-refractivity contribution is 0.474. The molecule has 0 spiro atoms. The van der Waals surface area contributed by atoms with Crippen LogP contribution in [0, 0.1) is 6.92 Å². The smallest absolute Gasteiger partial charge is 0.0798 e. The van der Waals surface area contributed by atoms with Gasteiger partial charge in [-0.15, -0.1) is 11.3 Å². The van der Waals surface area contributed by atoms with Gasteiger partial charge < -0.3 is 5.32 Å². The minimum absolute atomic E-state index is 0.291. The Morgan fingerprint density at radius 3 is 3.11 bits per heavy atom. The number of nitrogens with zero attached hydrogens (tertiary/aromatic N) is 3. The molecule has 1 aliphatic heterocycles. The molecule has 0 saturated heterocycles. The van der Waals surface area contributed by atoms with Crippen LogP contribution in [-0.2, 0) is 19.5 Å². The first kappa shape index (κ1) is 12.8. The molecule has 1 N–H and O–H groups in total. The van der Waals surface area contributed by atoms with Crippen LogP contribution in [0.25, 0.3) is 0 Å². The second kappa shape index (κ2) is 5.43. The number of aromatic nitrogens is 3. The van der Waals surface area contributed by atoms with E-state index in [1.807, 2.05) is 5.51 Å². The molecule has 3 heterocycles. The van der Waals surface area contributed by atoms with E-state index >= 15 is 0 Å². The van der Waals surface area contributed by atoms with E-state index in [0.717, 1.165) is 18.8 Å². The van der Waals surface area contributed by atoms with Crippen LogP contribution >= 0.6 is 11.3 Å². The molecule has 0 aliphatic carbocycles. The largest absolute Gasteiger partial charge is 0.304 e. The van der Waals surface area contributed by atoms with Crippen molar-refractivity contribution in [1.82, 2.24) is 20.1 Å². The minimum Gasteiger partial charge on any atom is -0.304 e. The zero-order valence-electron chi connectivity index (χ0n) is 11.5. The van der Waals surface area contributed by atoms with Crippen molar-refractivity contribution in [2.45, 2.75) is 52.2 Å². The number of aryl methyl sites for hydroxylation is 3. The van der Waals surface area contributed by atoms with Crippen LogP contribution in [-0.4, -0.2) is 14.8 Å². The van der Waals surface area contributed by atoms with Crippen molar-refractivity contribution in [3.63, 3.8) is 0 Å². The Kier molecular flexibility index (Phi) is 3.66. The molecule has 0 amide bonds. The van der Waals surface area contributed by atoms with E-state index in [1.54, 1.807) is 11.3 Å². The molecule has 3 rings (SSSR count). The Labute approximate surface area is 117 Å². The van der Waals surface area contributed by atoms with Crippen LogP contribution < -0.4 is 5.32 Å². The van der Waals surface area contributed by atoms with Crippen molar-refractivity contribution in [3.8, 4) is 0 Å². The van der Waals surface area contributed by atoms with E-state index in [1.165, 1.54) is 35.5 Å². The average molecular weight is 276 g/mol. The summed E-state index contributed by atoms with van der Waals surface area (Å²) in [7, 11) is 0. The van der Waals surface area contributed by atoms with Gasteiger partial charge >= 0.3 is 0 Å². The van der Waals surface area contributed by atoms with Crippen molar-refractivity contribution < 1.29 is 0 Å². The van der Waals surface area contributed by atoms with Gasteiger partial charge in [-0.3, -0.25) is 4.68 Å². The predicted octanol–water partition coefficient (Wildman–Crippen LogP) is 2.84. The van der Waals surface area contributed by atoms with Gasteiger partial charge in [0.15, 0.2) is 0 Å². The molecule has 0 saturated carbocycles. The summed E-state index contributed by atoms with van der Waals surface area (Å²) in [6.45, 7) is 6.20. The van der Waals surface area contributed by atoms with Crippen LogP contribution in [0.2, 0.25) is 0 Å². The van der Waals surface area contributed by atoms with Gasteiger partial charge in [0.25, 0.3) is 0 Å². The molecular formula is C14H20N4S. The average Bonchev–Trinajstić information content (AvgIpc) is 3.01. The lowest BCUT2D eigenvalue weighted by Crippen LogP contribution is -2.19. The number of hydrogen-bond donors (Lipinski definition) is 1. The number of hydrogen-bond acceptors (Lipinski definition) is 4. The van der Waals surface area contributed by atoms with E-state index < -0.39 is 0 Å². The fourth-order valence-corrected chi connectivity index (χ4v) is 3.23. The Balaban J connectivity index is 1.65. The fraction of sp³-hybridized carbons (Fsp3) is 0.571. The molecule has 0 radical (unpaired) electrons. The van der Waals surface area contributed by atoms with Gasteiger partial charge in [0.05, 0.1) is 16.9 Å². The van der Waals surface area contributed by atoms with E-state index in [-0.39, 0.29) is 0 Å². The minimum atomic E-state index is 0.291. The third-order valence-corrected chi connectivity index (χ3v) is 4.73. The summed E-state index contributed by atoms with van der Waals surface area (Å²) in [6.07, 6.45) is 3.73. The van der Waals surface area contributed by atoms with E-state index in [9.17, 15) is 0 Å². The summed E-state index contributed by atoms with van der Waals surface area (Å²) < 4.78 is 2.18. The number of fused-ring (bicyclic) bond motifs is 1. The second-order valence-electron chi connectivity index (χ2n) is 5.20. The van der Waals surface area contributed by atoms with E-state index in [2.05, 4.69) is 34.9 Å². The van der Waals surface area contributed by atoms with Crippen LogP contribution in [0.5, 0.6) is 0 Å². The van der Waals surface area contributed by atoms with Crippen LogP contribution in [0.1, 0.15) is 47.8 Å². The molecule has 1 unspecified atom stereocenters. The normalized spacial score (nSPS) is 16.3. The van der Waals surface area contributed by atoms with Gasteiger partial charge in [0.1, 0.15) is 0 Å². The van der Waals surface area contributed by atoms with Crippen molar-refractivity contribution in [2.24, 2.45) is 0 Å². The van der Waals surface area contributed by atoms with Crippen molar-refractivity contribution in [3.05, 3.63) is 33.5 Å². The molecule has 102 valence electrons. The van der Waals surface area contributed by atoms with Crippen LogP contribution in [0.3, 0.4) is 0 Å². The third kappa shape index (κ3) is 2.72. The zero-order chi connectivity index (χ0) is 13.2. The van der Waals surface area contributed by atoms with E-state index in [0.29, 0.717) is 6.04 Å². The maximum Gasteiger partial charge on any atom is 0.0798 e. The lowest BCUT2D eigenvalue weighted by Gasteiger charge is -2.12. The number of rotatable bonds is 4. The Hall–Kier alpha value is -1.20. The van der Waals surface area contributed by atoms with Gasteiger partial charge in [0, 0.05) is 29.7 Å². The Morgan fingerprint density at radius 2 is 2.37 bits per heavy atom. The summed E-state index contributed by atoms with van der Waals surface area (Å²) in [4.78, 5) is 5.59. The maximum absolute atomic E-state index is 4.72. The summed E-state index contributed by atoms with van der Waals surface area (Å²) in [5.74, 6) is 0. The summed E-state index contributed by atoms with van der Waals surface area (Å²) in [5.41, 5.74) is 5.60. The molecule has 0 aromatic carbocycles. The summed E-state index contributed by atoms with van der Waals surface area (Å²) in [5, 5.41) is 8.26. The van der Waals surface area contributed by atoms with Gasteiger partial charge in [0.2, 0.25) is 0 Å². The highest BCUT2D eigenvalue weighted by atomic mass is 32.1. The Morgan fingerprint density at radius 1 is 1.47 bits per heavy atom. The molecule has 2 aromatic rings. The highest BCUT2D eigenvalue weighted by Gasteiger charge is 2.16. The second-order valence-corrected chi connectivity index (χ2v) is 6.14. The van der Waals surface area contributed by atoms with Gasteiger partial charge in [-0.1, -0.05) is 0 Å². The molecule has 2 aromatic heterocycles. The van der Waals surface area contributed by atoms with Gasteiger partial charge in [-0.2, -0.15) is 5.10 Å². The zero-order valence-corrected chi connectivity index (χ0v) is 12.3. The molecule has 0 bridgehead atoms. The molecule has 19 heavy (non-hydrogen) atoms. The van der Waals surface area contributed by atoms with Gasteiger partial charge in [-0.05, 0) is 39.2 Å². The third-order valence-electron chi connectivity index (χ3n) is 3.79. The monoisotopic (exact) mass is 276 g/mol. The number of thiazole rings is 1. The van der Waals surface area contributed by atoms with E-state index in [4.69, 9.17) is 5.10 Å². The molecule has 0 fully saturated rings.